The summed E-state index contributed by atoms with van der Waals surface area (Å²) in [6, 6.07) is 15.1. The number of amides is 1. The quantitative estimate of drug-likeness (QED) is 0.410. The van der Waals surface area contributed by atoms with Crippen molar-refractivity contribution >= 4 is 28.8 Å². The number of hydrogen-bond acceptors (Lipinski definition) is 5. The zero-order chi connectivity index (χ0) is 25.9. The number of fused-ring (bicyclic) bond motifs is 3. The highest BCUT2D eigenvalue weighted by Crippen LogP contribution is 2.42. The van der Waals surface area contributed by atoms with Crippen LogP contribution in [0.2, 0.25) is 0 Å². The van der Waals surface area contributed by atoms with Gasteiger partial charge in [-0.15, -0.1) is 0 Å². The molecular formula is C29H35N3O5. The Morgan fingerprint density at radius 2 is 1.81 bits per heavy atom. The summed E-state index contributed by atoms with van der Waals surface area (Å²) in [5.74, 6) is -0.999. The molecular weight excluding hydrogens is 470 g/mol. The van der Waals surface area contributed by atoms with Gasteiger partial charge >= 0.3 is 12.1 Å². The third-order valence-electron chi connectivity index (χ3n) is 7.89. The molecule has 1 aliphatic heterocycles. The smallest absolute Gasteiger partial charge is 0.414 e. The Morgan fingerprint density at radius 1 is 1.05 bits per heavy atom. The fraction of sp³-hybridized carbons (Fsp3) is 0.483. The molecule has 1 unspecified atom stereocenters. The number of methoxy groups -OCH3 is 1. The van der Waals surface area contributed by atoms with Crippen LogP contribution in [0.25, 0.3) is 11.0 Å². The second kappa shape index (κ2) is 10.8. The van der Waals surface area contributed by atoms with E-state index in [9.17, 15) is 14.7 Å². The van der Waals surface area contributed by atoms with E-state index in [1.165, 1.54) is 12.7 Å². The molecule has 8 nitrogen and oxygen atoms in total. The van der Waals surface area contributed by atoms with Gasteiger partial charge in [0.25, 0.3) is 6.01 Å². The molecule has 37 heavy (non-hydrogen) atoms. The van der Waals surface area contributed by atoms with Crippen molar-refractivity contribution < 1.29 is 24.2 Å². The van der Waals surface area contributed by atoms with Crippen LogP contribution in [0.4, 0.5) is 10.5 Å². The van der Waals surface area contributed by atoms with Crippen LogP contribution in [0.3, 0.4) is 0 Å². The summed E-state index contributed by atoms with van der Waals surface area (Å²) in [5, 5.41) is 9.48. The van der Waals surface area contributed by atoms with Gasteiger partial charge in [-0.05, 0) is 76.0 Å². The summed E-state index contributed by atoms with van der Waals surface area (Å²) in [5.41, 5.74) is 4.99. The molecule has 1 amide bonds. The molecule has 1 aliphatic carbocycles. The molecule has 1 N–H and O–H groups in total. The number of carboxylic acid groups (broad SMARTS) is 1. The molecule has 1 atom stereocenters. The molecule has 3 aromatic rings. The van der Waals surface area contributed by atoms with Gasteiger partial charge in [-0.3, -0.25) is 14.3 Å². The summed E-state index contributed by atoms with van der Waals surface area (Å²) in [6.45, 7) is 2.57. The highest BCUT2D eigenvalue weighted by atomic mass is 16.5. The molecule has 2 aromatic carbocycles. The summed E-state index contributed by atoms with van der Waals surface area (Å²) >= 11 is 0. The summed E-state index contributed by atoms with van der Waals surface area (Å²) in [6.07, 6.45) is 5.89. The van der Waals surface area contributed by atoms with Gasteiger partial charge in [-0.25, -0.2) is 4.79 Å². The Kier molecular flexibility index (Phi) is 7.35. The van der Waals surface area contributed by atoms with Crippen LogP contribution in [0, 0.1) is 5.92 Å². The van der Waals surface area contributed by atoms with Crippen molar-refractivity contribution in [2.24, 2.45) is 5.92 Å². The topological polar surface area (TPSA) is 93.9 Å². The zero-order valence-corrected chi connectivity index (χ0v) is 21.6. The zero-order valence-electron chi connectivity index (χ0n) is 21.6. The number of aryl methyl sites for hydroxylation is 2. The first-order valence-electron chi connectivity index (χ1n) is 13.3. The van der Waals surface area contributed by atoms with Crippen molar-refractivity contribution in [3.05, 3.63) is 53.6 Å². The molecule has 0 saturated heterocycles. The van der Waals surface area contributed by atoms with Crippen molar-refractivity contribution in [1.29, 1.82) is 0 Å². The summed E-state index contributed by atoms with van der Waals surface area (Å²) in [7, 11) is 1.41. The van der Waals surface area contributed by atoms with Crippen LogP contribution in [-0.2, 0) is 22.4 Å². The van der Waals surface area contributed by atoms with E-state index in [0.717, 1.165) is 60.8 Å². The van der Waals surface area contributed by atoms with Crippen molar-refractivity contribution in [3.63, 3.8) is 0 Å². The molecule has 196 valence electrons. The Hall–Kier alpha value is -3.55. The van der Waals surface area contributed by atoms with Gasteiger partial charge < -0.3 is 14.6 Å². The number of imidazole rings is 1. The lowest BCUT2D eigenvalue weighted by molar-refractivity contribution is -0.143. The lowest BCUT2D eigenvalue weighted by Crippen LogP contribution is -2.42. The Morgan fingerprint density at radius 3 is 2.51 bits per heavy atom. The van der Waals surface area contributed by atoms with Crippen LogP contribution < -0.4 is 9.64 Å². The maximum atomic E-state index is 12.6. The van der Waals surface area contributed by atoms with Gasteiger partial charge in [0.05, 0.1) is 36.4 Å². The van der Waals surface area contributed by atoms with Gasteiger partial charge in [0.15, 0.2) is 0 Å². The molecule has 1 aromatic heterocycles. The normalized spacial score (nSPS) is 21.5. The number of aliphatic carboxylic acids is 1. The number of nitrogens with zero attached hydrogens (tertiary/aromatic N) is 3. The Labute approximate surface area is 217 Å². The molecule has 8 heteroatoms. The standard InChI is InChI=1S/C29H35N3O5/c1-19-10-15-23-24(31(19)29(35)36-2)16-17-25-26(23)30-28(37-18-6-9-20-7-4-3-5-8-20)32(25)22-13-11-21(12-14-22)27(33)34/h3-5,7-8,16-17,19,21-22H,6,9-15,18H2,1-2H3,(H,33,34). The number of carbonyl (C=O) groups is 2. The van der Waals surface area contributed by atoms with Gasteiger partial charge in [0, 0.05) is 17.6 Å². The van der Waals surface area contributed by atoms with Crippen LogP contribution in [0.5, 0.6) is 6.01 Å². The first kappa shape index (κ1) is 25.1. The van der Waals surface area contributed by atoms with Crippen LogP contribution in [0.15, 0.2) is 42.5 Å². The van der Waals surface area contributed by atoms with Gasteiger partial charge in [0.2, 0.25) is 0 Å². The predicted octanol–water partition coefficient (Wildman–Crippen LogP) is 5.77. The van der Waals surface area contributed by atoms with Crippen LogP contribution in [0.1, 0.15) is 62.6 Å². The molecule has 1 fully saturated rings. The largest absolute Gasteiger partial charge is 0.481 e. The lowest BCUT2D eigenvalue weighted by atomic mass is 9.86. The number of benzene rings is 2. The second-order valence-electron chi connectivity index (χ2n) is 10.2. The van der Waals surface area contributed by atoms with Crippen LogP contribution >= 0.6 is 0 Å². The van der Waals surface area contributed by atoms with Crippen molar-refractivity contribution in [1.82, 2.24) is 9.55 Å². The lowest BCUT2D eigenvalue weighted by Gasteiger charge is -2.34. The van der Waals surface area contributed by atoms with Gasteiger partial charge in [0.1, 0.15) is 0 Å². The van der Waals surface area contributed by atoms with E-state index in [4.69, 9.17) is 14.5 Å². The minimum Gasteiger partial charge on any atom is -0.481 e. The van der Waals surface area contributed by atoms with Crippen molar-refractivity contribution in [3.8, 4) is 6.01 Å². The molecule has 5 rings (SSSR count). The monoisotopic (exact) mass is 505 g/mol. The van der Waals surface area contributed by atoms with E-state index < -0.39 is 5.97 Å². The van der Waals surface area contributed by atoms with E-state index in [1.54, 1.807) is 4.90 Å². The summed E-state index contributed by atoms with van der Waals surface area (Å²) < 4.78 is 13.6. The van der Waals surface area contributed by atoms with E-state index in [1.807, 2.05) is 37.3 Å². The molecule has 1 saturated carbocycles. The first-order chi connectivity index (χ1) is 18.0. The third kappa shape index (κ3) is 5.02. The van der Waals surface area contributed by atoms with Crippen molar-refractivity contribution in [2.75, 3.05) is 18.6 Å². The average Bonchev–Trinajstić information content (AvgIpc) is 3.29. The van der Waals surface area contributed by atoms with E-state index in [2.05, 4.69) is 16.7 Å². The number of aromatic nitrogens is 2. The third-order valence-corrected chi connectivity index (χ3v) is 7.89. The number of ether oxygens (including phenoxy) is 2. The Balaban J connectivity index is 1.46. The van der Waals surface area contributed by atoms with E-state index in [0.29, 0.717) is 25.5 Å². The average molecular weight is 506 g/mol. The van der Waals surface area contributed by atoms with Crippen molar-refractivity contribution in [2.45, 2.75) is 70.4 Å². The molecule has 2 aliphatic rings. The fourth-order valence-electron chi connectivity index (χ4n) is 5.87. The SMILES string of the molecule is COC(=O)N1c2ccc3c(nc(OCCCc4ccccc4)n3C3CCC(C(=O)O)CC3)c2CCC1C. The maximum absolute atomic E-state index is 12.6. The van der Waals surface area contributed by atoms with E-state index >= 15 is 0 Å². The van der Waals surface area contributed by atoms with E-state index in [-0.39, 0.29) is 24.1 Å². The molecule has 2 heterocycles. The maximum Gasteiger partial charge on any atom is 0.414 e. The predicted molar refractivity (Wildman–Crippen MR) is 141 cm³/mol. The van der Waals surface area contributed by atoms with Gasteiger partial charge in [-0.2, -0.15) is 4.98 Å². The van der Waals surface area contributed by atoms with Gasteiger partial charge in [-0.1, -0.05) is 30.3 Å². The first-order valence-corrected chi connectivity index (χ1v) is 13.3. The Bertz CT molecular complexity index is 1260. The number of carboxylic acids is 1. The second-order valence-corrected chi connectivity index (χ2v) is 10.2. The minimum absolute atomic E-state index is 0.0412. The summed E-state index contributed by atoms with van der Waals surface area (Å²) in [4.78, 5) is 30.8. The minimum atomic E-state index is -0.711. The fourth-order valence-corrected chi connectivity index (χ4v) is 5.87. The molecule has 0 radical (unpaired) electrons. The number of anilines is 1. The molecule has 0 spiro atoms. The number of carbonyl (C=O) groups excluding carboxylic acids is 1. The van der Waals surface area contributed by atoms with Crippen LogP contribution in [-0.4, -0.2) is 46.5 Å². The highest BCUT2D eigenvalue weighted by molar-refractivity contribution is 5.95. The number of rotatable bonds is 7. The highest BCUT2D eigenvalue weighted by Gasteiger charge is 2.34. The molecule has 0 bridgehead atoms. The number of hydrogen-bond donors (Lipinski definition) is 1.